The van der Waals surface area contributed by atoms with Gasteiger partial charge in [-0.15, -0.1) is 0 Å². The summed E-state index contributed by atoms with van der Waals surface area (Å²) in [6.07, 6.45) is 2.34. The van der Waals surface area contributed by atoms with Crippen molar-refractivity contribution in [3.05, 3.63) is 24.3 Å². The van der Waals surface area contributed by atoms with E-state index in [0.29, 0.717) is 25.3 Å². The van der Waals surface area contributed by atoms with Crippen LogP contribution in [-0.4, -0.2) is 48.1 Å². The molecule has 0 bridgehead atoms. The summed E-state index contributed by atoms with van der Waals surface area (Å²) in [7, 11) is 0. The van der Waals surface area contributed by atoms with Gasteiger partial charge in [0.25, 0.3) is 0 Å². The highest BCUT2D eigenvalue weighted by Crippen LogP contribution is 2.27. The van der Waals surface area contributed by atoms with Crippen LogP contribution < -0.4 is 10.6 Å². The number of nitrogens with zero attached hydrogens (tertiary/aromatic N) is 2. The molecule has 1 atom stereocenters. The average Bonchev–Trinajstić information content (AvgIpc) is 2.48. The Bertz CT molecular complexity index is 470. The van der Waals surface area contributed by atoms with Crippen molar-refractivity contribution >= 4 is 11.6 Å². The molecule has 0 spiro atoms. The molecular formula is C16H25N3O2. The molecule has 0 aromatic heterocycles. The van der Waals surface area contributed by atoms with Crippen LogP contribution >= 0.6 is 0 Å². The first-order valence-corrected chi connectivity index (χ1v) is 7.68. The van der Waals surface area contributed by atoms with Crippen LogP contribution in [0.4, 0.5) is 5.69 Å². The molecule has 0 saturated carbocycles. The van der Waals surface area contributed by atoms with Crippen LogP contribution in [0.2, 0.25) is 0 Å². The topological polar surface area (TPSA) is 69.8 Å². The predicted molar refractivity (Wildman–Crippen MR) is 84.4 cm³/mol. The number of anilines is 1. The van der Waals surface area contributed by atoms with Crippen LogP contribution in [0, 0.1) is 0 Å². The quantitative estimate of drug-likeness (QED) is 0.864. The maximum absolute atomic E-state index is 12.2. The summed E-state index contributed by atoms with van der Waals surface area (Å²) in [5.41, 5.74) is 6.78. The van der Waals surface area contributed by atoms with E-state index in [4.69, 9.17) is 5.73 Å². The number of rotatable bonds is 5. The number of hydrogen-bond acceptors (Lipinski definition) is 4. The van der Waals surface area contributed by atoms with E-state index in [1.807, 2.05) is 23.1 Å². The summed E-state index contributed by atoms with van der Waals surface area (Å²) < 4.78 is 0. The second kappa shape index (κ2) is 7.31. The van der Waals surface area contributed by atoms with E-state index in [1.165, 1.54) is 0 Å². The lowest BCUT2D eigenvalue weighted by molar-refractivity contribution is -0.131. The molecule has 116 valence electrons. The Balaban J connectivity index is 1.86. The molecule has 1 amide bonds. The molecule has 1 saturated heterocycles. The van der Waals surface area contributed by atoms with E-state index in [2.05, 4.69) is 11.8 Å². The average molecular weight is 291 g/mol. The Hall–Kier alpha value is -1.75. The molecule has 3 N–H and O–H groups in total. The summed E-state index contributed by atoms with van der Waals surface area (Å²) in [6.45, 7) is 4.94. The highest BCUT2D eigenvalue weighted by Gasteiger charge is 2.23. The van der Waals surface area contributed by atoms with Gasteiger partial charge in [-0.05, 0) is 18.6 Å². The zero-order valence-corrected chi connectivity index (χ0v) is 12.7. The van der Waals surface area contributed by atoms with Crippen molar-refractivity contribution in [1.82, 2.24) is 4.90 Å². The van der Waals surface area contributed by atoms with Gasteiger partial charge in [0.05, 0.1) is 5.69 Å². The number of aromatic hydroxyl groups is 1. The number of nitrogens with two attached hydrogens (primary N) is 1. The molecule has 0 radical (unpaired) electrons. The van der Waals surface area contributed by atoms with Crippen molar-refractivity contribution in [3.63, 3.8) is 0 Å². The van der Waals surface area contributed by atoms with Crippen molar-refractivity contribution in [2.75, 3.05) is 31.1 Å². The van der Waals surface area contributed by atoms with Gasteiger partial charge in [-0.3, -0.25) is 4.79 Å². The molecule has 1 unspecified atom stereocenters. The van der Waals surface area contributed by atoms with Gasteiger partial charge >= 0.3 is 0 Å². The highest BCUT2D eigenvalue weighted by atomic mass is 16.3. The summed E-state index contributed by atoms with van der Waals surface area (Å²) in [6, 6.07) is 7.30. The van der Waals surface area contributed by atoms with Crippen LogP contribution in [0.15, 0.2) is 24.3 Å². The Morgan fingerprint density at radius 3 is 2.57 bits per heavy atom. The summed E-state index contributed by atoms with van der Waals surface area (Å²) in [4.78, 5) is 16.2. The third-order valence-electron chi connectivity index (χ3n) is 3.95. The molecule has 1 aromatic carbocycles. The predicted octanol–water partition coefficient (Wildman–Crippen LogP) is 1.56. The molecule has 5 nitrogen and oxygen atoms in total. The van der Waals surface area contributed by atoms with Crippen molar-refractivity contribution < 1.29 is 9.90 Å². The van der Waals surface area contributed by atoms with E-state index >= 15 is 0 Å². The van der Waals surface area contributed by atoms with Gasteiger partial charge in [0.15, 0.2) is 0 Å². The zero-order valence-electron chi connectivity index (χ0n) is 12.7. The molecule has 1 aliphatic rings. The lowest BCUT2D eigenvalue weighted by Gasteiger charge is -2.36. The van der Waals surface area contributed by atoms with Crippen molar-refractivity contribution in [1.29, 1.82) is 0 Å². The van der Waals surface area contributed by atoms with E-state index in [1.54, 1.807) is 6.07 Å². The standard InChI is InChI=1S/C16H25N3O2/c1-2-5-13(17)12-16(21)19-10-8-18(9-11-19)14-6-3-4-7-15(14)20/h3-4,6-7,13,20H,2,5,8-12,17H2,1H3. The number of phenols is 1. The second-order valence-corrected chi connectivity index (χ2v) is 5.61. The lowest BCUT2D eigenvalue weighted by Crippen LogP contribution is -2.49. The van der Waals surface area contributed by atoms with Crippen LogP contribution in [0.3, 0.4) is 0 Å². The number of carbonyl (C=O) groups is 1. The number of hydrogen-bond donors (Lipinski definition) is 2. The van der Waals surface area contributed by atoms with E-state index in [-0.39, 0.29) is 11.9 Å². The SMILES string of the molecule is CCCC(N)CC(=O)N1CCN(c2ccccc2O)CC1. The normalized spacial score (nSPS) is 16.9. The molecule has 21 heavy (non-hydrogen) atoms. The van der Waals surface area contributed by atoms with E-state index < -0.39 is 0 Å². The zero-order chi connectivity index (χ0) is 15.2. The maximum Gasteiger partial charge on any atom is 0.224 e. The number of benzene rings is 1. The Morgan fingerprint density at radius 1 is 1.29 bits per heavy atom. The van der Waals surface area contributed by atoms with Crippen LogP contribution in [0.1, 0.15) is 26.2 Å². The van der Waals surface area contributed by atoms with Gasteiger partial charge in [0.2, 0.25) is 5.91 Å². The first-order valence-electron chi connectivity index (χ1n) is 7.68. The summed E-state index contributed by atoms with van der Waals surface area (Å²) in [5, 5.41) is 9.88. The number of para-hydroxylation sites is 2. The third-order valence-corrected chi connectivity index (χ3v) is 3.95. The molecule has 1 aliphatic heterocycles. The maximum atomic E-state index is 12.2. The minimum absolute atomic E-state index is 0.0290. The second-order valence-electron chi connectivity index (χ2n) is 5.61. The van der Waals surface area contributed by atoms with Gasteiger partial charge in [-0.2, -0.15) is 0 Å². The fourth-order valence-electron chi connectivity index (χ4n) is 2.75. The van der Waals surface area contributed by atoms with Gasteiger partial charge in [-0.25, -0.2) is 0 Å². The molecule has 5 heteroatoms. The van der Waals surface area contributed by atoms with Gasteiger partial charge in [0, 0.05) is 38.6 Å². The van der Waals surface area contributed by atoms with Crippen molar-refractivity contribution in [3.8, 4) is 5.75 Å². The Morgan fingerprint density at radius 2 is 1.95 bits per heavy atom. The molecule has 1 fully saturated rings. The highest BCUT2D eigenvalue weighted by molar-refractivity contribution is 5.77. The summed E-state index contributed by atoms with van der Waals surface area (Å²) in [5.74, 6) is 0.440. The Labute approximate surface area is 126 Å². The van der Waals surface area contributed by atoms with E-state index in [9.17, 15) is 9.90 Å². The largest absolute Gasteiger partial charge is 0.506 e. The van der Waals surface area contributed by atoms with Crippen LogP contribution in [0.5, 0.6) is 5.75 Å². The minimum atomic E-state index is -0.0290. The monoisotopic (exact) mass is 291 g/mol. The Kier molecular flexibility index (Phi) is 5.44. The lowest BCUT2D eigenvalue weighted by atomic mass is 10.1. The van der Waals surface area contributed by atoms with E-state index in [0.717, 1.165) is 31.6 Å². The van der Waals surface area contributed by atoms with Crippen molar-refractivity contribution in [2.24, 2.45) is 5.73 Å². The number of amides is 1. The third kappa shape index (κ3) is 4.11. The molecule has 2 rings (SSSR count). The van der Waals surface area contributed by atoms with Gasteiger partial charge < -0.3 is 20.6 Å². The summed E-state index contributed by atoms with van der Waals surface area (Å²) >= 11 is 0. The van der Waals surface area contributed by atoms with Crippen molar-refractivity contribution in [2.45, 2.75) is 32.2 Å². The minimum Gasteiger partial charge on any atom is -0.506 e. The van der Waals surface area contributed by atoms with Crippen LogP contribution in [-0.2, 0) is 4.79 Å². The fourth-order valence-corrected chi connectivity index (χ4v) is 2.75. The van der Waals surface area contributed by atoms with Crippen LogP contribution in [0.25, 0.3) is 0 Å². The molecule has 1 heterocycles. The molecule has 1 aromatic rings. The van der Waals surface area contributed by atoms with Gasteiger partial charge in [0.1, 0.15) is 5.75 Å². The molecular weight excluding hydrogens is 266 g/mol. The first kappa shape index (κ1) is 15.6. The smallest absolute Gasteiger partial charge is 0.224 e. The first-order chi connectivity index (χ1) is 10.1. The number of phenolic OH excluding ortho intramolecular Hbond substituents is 1. The molecule has 0 aliphatic carbocycles. The number of piperazine rings is 1. The number of carbonyl (C=O) groups excluding carboxylic acids is 1. The fraction of sp³-hybridized carbons (Fsp3) is 0.562. The van der Waals surface area contributed by atoms with Gasteiger partial charge in [-0.1, -0.05) is 25.5 Å².